The summed E-state index contributed by atoms with van der Waals surface area (Å²) in [5.74, 6) is 0.638. The highest BCUT2D eigenvalue weighted by Gasteiger charge is 2.37. The summed E-state index contributed by atoms with van der Waals surface area (Å²) in [4.78, 5) is 27.8. The SMILES string of the molecule is COc1ccccc1NC(=O)N1CCCCCCNC(=O)[C@@H]2CCCC[C@@H]21. The number of para-hydroxylation sites is 2. The van der Waals surface area contributed by atoms with E-state index in [0.717, 1.165) is 57.9 Å². The molecule has 2 N–H and O–H groups in total. The van der Waals surface area contributed by atoms with Crippen molar-refractivity contribution in [1.82, 2.24) is 10.2 Å². The smallest absolute Gasteiger partial charge is 0.322 e. The Morgan fingerprint density at radius 2 is 1.89 bits per heavy atom. The average molecular weight is 373 g/mol. The van der Waals surface area contributed by atoms with Gasteiger partial charge in [-0.05, 0) is 37.8 Å². The van der Waals surface area contributed by atoms with Gasteiger partial charge in [0, 0.05) is 19.1 Å². The Balaban J connectivity index is 1.81. The highest BCUT2D eigenvalue weighted by molar-refractivity contribution is 5.91. The second-order valence-electron chi connectivity index (χ2n) is 7.49. The number of nitrogens with zero attached hydrogens (tertiary/aromatic N) is 1. The number of anilines is 1. The number of hydrogen-bond acceptors (Lipinski definition) is 3. The summed E-state index contributed by atoms with van der Waals surface area (Å²) in [7, 11) is 1.60. The Morgan fingerprint density at radius 3 is 2.74 bits per heavy atom. The van der Waals surface area contributed by atoms with Gasteiger partial charge in [-0.2, -0.15) is 0 Å². The van der Waals surface area contributed by atoms with E-state index in [1.807, 2.05) is 29.2 Å². The summed E-state index contributed by atoms with van der Waals surface area (Å²) in [5, 5.41) is 6.10. The van der Waals surface area contributed by atoms with Gasteiger partial charge in [-0.1, -0.05) is 37.8 Å². The van der Waals surface area contributed by atoms with E-state index in [-0.39, 0.29) is 23.9 Å². The first kappa shape index (κ1) is 19.5. The summed E-state index contributed by atoms with van der Waals surface area (Å²) in [6.07, 6.45) is 7.99. The lowest BCUT2D eigenvalue weighted by Gasteiger charge is -2.39. The van der Waals surface area contributed by atoms with E-state index in [1.54, 1.807) is 7.11 Å². The minimum absolute atomic E-state index is 0.0356. The topological polar surface area (TPSA) is 70.7 Å². The van der Waals surface area contributed by atoms with Crippen LogP contribution in [0.1, 0.15) is 51.4 Å². The monoisotopic (exact) mass is 373 g/mol. The Hall–Kier alpha value is -2.24. The molecule has 6 heteroatoms. The molecular weight excluding hydrogens is 342 g/mol. The largest absolute Gasteiger partial charge is 0.495 e. The van der Waals surface area contributed by atoms with Gasteiger partial charge in [0.25, 0.3) is 0 Å². The molecule has 1 aromatic carbocycles. The zero-order valence-electron chi connectivity index (χ0n) is 16.2. The van der Waals surface area contributed by atoms with Gasteiger partial charge in [0.1, 0.15) is 5.75 Å². The van der Waals surface area contributed by atoms with Crippen LogP contribution in [0.5, 0.6) is 5.75 Å². The fraction of sp³-hybridized carbons (Fsp3) is 0.619. The molecule has 148 valence electrons. The number of urea groups is 1. The summed E-state index contributed by atoms with van der Waals surface area (Å²) in [5.41, 5.74) is 0.663. The van der Waals surface area contributed by atoms with Gasteiger partial charge in [-0.15, -0.1) is 0 Å². The fourth-order valence-corrected chi connectivity index (χ4v) is 4.25. The van der Waals surface area contributed by atoms with E-state index in [1.165, 1.54) is 0 Å². The first-order valence-corrected chi connectivity index (χ1v) is 10.2. The molecule has 6 nitrogen and oxygen atoms in total. The van der Waals surface area contributed by atoms with Crippen LogP contribution in [0.15, 0.2) is 24.3 Å². The minimum atomic E-state index is -0.136. The number of methoxy groups -OCH3 is 1. The van der Waals surface area contributed by atoms with Gasteiger partial charge < -0.3 is 20.3 Å². The first-order chi connectivity index (χ1) is 13.2. The van der Waals surface area contributed by atoms with Crippen LogP contribution in [0.4, 0.5) is 10.5 Å². The van der Waals surface area contributed by atoms with E-state index in [9.17, 15) is 9.59 Å². The van der Waals surface area contributed by atoms with E-state index in [0.29, 0.717) is 18.0 Å². The zero-order valence-corrected chi connectivity index (χ0v) is 16.2. The fourth-order valence-electron chi connectivity index (χ4n) is 4.25. The maximum atomic E-state index is 13.2. The van der Waals surface area contributed by atoms with Crippen LogP contribution < -0.4 is 15.4 Å². The number of carbonyl (C=O) groups excluding carboxylic acids is 2. The number of nitrogens with one attached hydrogen (secondary N) is 2. The van der Waals surface area contributed by atoms with Crippen LogP contribution in [0.25, 0.3) is 0 Å². The zero-order chi connectivity index (χ0) is 19.1. The van der Waals surface area contributed by atoms with Crippen LogP contribution in [-0.4, -0.2) is 43.1 Å². The number of amides is 3. The van der Waals surface area contributed by atoms with Gasteiger partial charge in [0.2, 0.25) is 5.91 Å². The summed E-state index contributed by atoms with van der Waals surface area (Å²) in [6.45, 7) is 1.44. The van der Waals surface area contributed by atoms with Crippen LogP contribution in [0.2, 0.25) is 0 Å². The molecule has 1 heterocycles. The number of hydrogen-bond donors (Lipinski definition) is 2. The molecule has 1 aromatic rings. The Kier molecular flexibility index (Phi) is 6.96. The maximum absolute atomic E-state index is 13.2. The van der Waals surface area contributed by atoms with Crippen molar-refractivity contribution in [2.24, 2.45) is 5.92 Å². The lowest BCUT2D eigenvalue weighted by Crippen LogP contribution is -2.52. The summed E-state index contributed by atoms with van der Waals surface area (Å²) >= 11 is 0. The van der Waals surface area contributed by atoms with E-state index in [2.05, 4.69) is 10.6 Å². The molecule has 2 aliphatic rings. The lowest BCUT2D eigenvalue weighted by atomic mass is 9.82. The van der Waals surface area contributed by atoms with Crippen molar-refractivity contribution in [1.29, 1.82) is 0 Å². The molecule has 3 rings (SSSR count). The number of benzene rings is 1. The Morgan fingerprint density at radius 1 is 1.11 bits per heavy atom. The lowest BCUT2D eigenvalue weighted by molar-refractivity contribution is -0.127. The van der Waals surface area contributed by atoms with Crippen LogP contribution in [0, 0.1) is 5.92 Å². The van der Waals surface area contributed by atoms with Gasteiger partial charge in [-0.25, -0.2) is 4.79 Å². The van der Waals surface area contributed by atoms with Crippen molar-refractivity contribution in [2.75, 3.05) is 25.5 Å². The highest BCUT2D eigenvalue weighted by atomic mass is 16.5. The van der Waals surface area contributed by atoms with E-state index < -0.39 is 0 Å². The van der Waals surface area contributed by atoms with Crippen molar-refractivity contribution in [3.8, 4) is 5.75 Å². The van der Waals surface area contributed by atoms with Crippen molar-refractivity contribution in [3.05, 3.63) is 24.3 Å². The maximum Gasteiger partial charge on any atom is 0.322 e. The molecule has 0 unspecified atom stereocenters. The summed E-state index contributed by atoms with van der Waals surface area (Å²) < 4.78 is 5.36. The molecule has 0 bridgehead atoms. The quantitative estimate of drug-likeness (QED) is 0.829. The molecule has 3 amide bonds. The molecule has 0 radical (unpaired) electrons. The standard InChI is InChI=1S/C21H31N3O3/c1-27-19-13-7-5-11-17(19)23-21(26)24-15-9-3-2-8-14-22-20(25)16-10-4-6-12-18(16)24/h5,7,11,13,16,18H,2-4,6,8-10,12,14-15H2,1H3,(H,22,25)(H,23,26)/t16-,18+/m1/s1. The predicted octanol–water partition coefficient (Wildman–Crippen LogP) is 3.78. The van der Waals surface area contributed by atoms with Gasteiger partial charge >= 0.3 is 6.03 Å². The predicted molar refractivity (Wildman–Crippen MR) is 106 cm³/mol. The van der Waals surface area contributed by atoms with Crippen LogP contribution in [-0.2, 0) is 4.79 Å². The van der Waals surface area contributed by atoms with Crippen molar-refractivity contribution >= 4 is 17.6 Å². The van der Waals surface area contributed by atoms with Gasteiger partial charge in [0.15, 0.2) is 0 Å². The third-order valence-electron chi connectivity index (χ3n) is 5.70. The third-order valence-corrected chi connectivity index (χ3v) is 5.70. The first-order valence-electron chi connectivity index (χ1n) is 10.2. The number of rotatable bonds is 2. The molecular formula is C21H31N3O3. The van der Waals surface area contributed by atoms with Gasteiger partial charge in [0.05, 0.1) is 18.7 Å². The van der Waals surface area contributed by atoms with Crippen molar-refractivity contribution in [3.63, 3.8) is 0 Å². The van der Waals surface area contributed by atoms with E-state index in [4.69, 9.17) is 4.74 Å². The third kappa shape index (κ3) is 4.93. The van der Waals surface area contributed by atoms with Crippen molar-refractivity contribution in [2.45, 2.75) is 57.4 Å². The van der Waals surface area contributed by atoms with Gasteiger partial charge in [-0.3, -0.25) is 4.79 Å². The Labute approximate surface area is 161 Å². The van der Waals surface area contributed by atoms with E-state index >= 15 is 0 Å². The Bertz CT molecular complexity index is 649. The molecule has 0 spiro atoms. The molecule has 1 saturated heterocycles. The van der Waals surface area contributed by atoms with Crippen molar-refractivity contribution < 1.29 is 14.3 Å². The normalized spacial score (nSPS) is 24.2. The van der Waals surface area contributed by atoms with Crippen LogP contribution >= 0.6 is 0 Å². The minimum Gasteiger partial charge on any atom is -0.495 e. The molecule has 2 fully saturated rings. The molecule has 1 aliphatic heterocycles. The highest BCUT2D eigenvalue weighted by Crippen LogP contribution is 2.31. The number of carbonyl (C=O) groups is 2. The second-order valence-corrected chi connectivity index (χ2v) is 7.49. The molecule has 2 atom stereocenters. The molecule has 0 aromatic heterocycles. The molecule has 1 aliphatic carbocycles. The average Bonchev–Trinajstić information content (AvgIpc) is 2.73. The molecule has 27 heavy (non-hydrogen) atoms. The summed E-state index contributed by atoms with van der Waals surface area (Å²) in [6, 6.07) is 7.26. The molecule has 1 saturated carbocycles. The second kappa shape index (κ2) is 9.62. The number of fused-ring (bicyclic) bond motifs is 1. The van der Waals surface area contributed by atoms with Crippen LogP contribution in [0.3, 0.4) is 0 Å². The number of ether oxygens (including phenoxy) is 1.